The van der Waals surface area contributed by atoms with Gasteiger partial charge in [0.15, 0.2) is 5.82 Å². The van der Waals surface area contributed by atoms with Gasteiger partial charge in [0, 0.05) is 36.9 Å². The Hall–Kier alpha value is -2.96. The van der Waals surface area contributed by atoms with Gasteiger partial charge in [0.1, 0.15) is 22.2 Å². The number of anilines is 1. The number of carbonyl (C=O) groups is 1. The minimum atomic E-state index is -1.12. The second-order valence-electron chi connectivity index (χ2n) is 6.89. The number of aliphatic carboxylic acids is 1. The fourth-order valence-electron chi connectivity index (χ4n) is 3.16. The number of hydrogen-bond acceptors (Lipinski definition) is 9. The van der Waals surface area contributed by atoms with Gasteiger partial charge < -0.3 is 28.6 Å². The monoisotopic (exact) mass is 536 g/mol. The van der Waals surface area contributed by atoms with Crippen LogP contribution in [0.2, 0.25) is 0 Å². The molecule has 4 rings (SSSR count). The van der Waals surface area contributed by atoms with Gasteiger partial charge in [0.25, 0.3) is 0 Å². The molecule has 33 heavy (non-hydrogen) atoms. The number of nitrogens with one attached hydrogen (secondary N) is 1. The molecule has 0 atom stereocenters. The normalized spacial score (nSPS) is 14.4. The smallest absolute Gasteiger partial charge is 0.342 e. The molecule has 1 aliphatic rings. The van der Waals surface area contributed by atoms with Gasteiger partial charge in [-0.05, 0) is 39.8 Å². The number of morpholine rings is 1. The standard InChI is InChI=1S/C21H21BrN4O6S/c1-29-13-7-12(8-14(9-13)30-2)18-23-21(25-24-18)33-17(20(27)28)11-15-10-16(22)19(32-15)26-3-5-31-6-4-26/h7-11H,3-6H2,1-2H3,(H,27,28)(H,23,24,25)/b17-11-. The van der Waals surface area contributed by atoms with Crippen molar-refractivity contribution in [3.05, 3.63) is 39.4 Å². The van der Waals surface area contributed by atoms with Crippen molar-refractivity contribution in [2.24, 2.45) is 0 Å². The van der Waals surface area contributed by atoms with Gasteiger partial charge in [0.2, 0.25) is 11.0 Å². The number of carboxylic acid groups (broad SMARTS) is 1. The fraction of sp³-hybridized carbons (Fsp3) is 0.286. The zero-order valence-corrected chi connectivity index (χ0v) is 20.2. The predicted molar refractivity (Wildman–Crippen MR) is 126 cm³/mol. The number of H-pyrrole nitrogens is 1. The van der Waals surface area contributed by atoms with Gasteiger partial charge >= 0.3 is 5.97 Å². The van der Waals surface area contributed by atoms with E-state index in [9.17, 15) is 9.90 Å². The Morgan fingerprint density at radius 2 is 1.91 bits per heavy atom. The molecule has 2 N–H and O–H groups in total. The number of carboxylic acids is 1. The number of thioether (sulfide) groups is 1. The van der Waals surface area contributed by atoms with Crippen molar-refractivity contribution in [1.82, 2.24) is 15.2 Å². The molecular formula is C21H21BrN4O6S. The summed E-state index contributed by atoms with van der Waals surface area (Å²) in [6.45, 7) is 2.62. The van der Waals surface area contributed by atoms with Gasteiger partial charge in [-0.25, -0.2) is 9.78 Å². The summed E-state index contributed by atoms with van der Waals surface area (Å²) >= 11 is 4.40. The molecule has 1 aromatic carbocycles. The summed E-state index contributed by atoms with van der Waals surface area (Å²) in [4.78, 5) is 18.3. The van der Waals surface area contributed by atoms with Gasteiger partial charge in [-0.2, -0.15) is 0 Å². The topological polar surface area (TPSA) is 123 Å². The Morgan fingerprint density at radius 1 is 1.21 bits per heavy atom. The zero-order chi connectivity index (χ0) is 23.4. The van der Waals surface area contributed by atoms with E-state index in [4.69, 9.17) is 18.6 Å². The molecule has 3 heterocycles. The average molecular weight is 537 g/mol. The van der Waals surface area contributed by atoms with Crippen LogP contribution in [0.1, 0.15) is 5.76 Å². The van der Waals surface area contributed by atoms with Crippen molar-refractivity contribution in [3.63, 3.8) is 0 Å². The highest BCUT2D eigenvalue weighted by molar-refractivity contribution is 9.10. The zero-order valence-electron chi connectivity index (χ0n) is 17.8. The van der Waals surface area contributed by atoms with Gasteiger partial charge in [0.05, 0.1) is 31.9 Å². The second kappa shape index (κ2) is 10.3. The maximum Gasteiger partial charge on any atom is 0.342 e. The first-order valence-electron chi connectivity index (χ1n) is 9.87. The van der Waals surface area contributed by atoms with Crippen molar-refractivity contribution in [2.75, 3.05) is 45.4 Å². The van der Waals surface area contributed by atoms with Gasteiger partial charge in [-0.1, -0.05) is 0 Å². The van der Waals surface area contributed by atoms with Gasteiger partial charge in [-0.3, -0.25) is 5.10 Å². The molecule has 174 valence electrons. The Balaban J connectivity index is 1.56. The number of ether oxygens (including phenoxy) is 3. The maximum absolute atomic E-state index is 11.9. The summed E-state index contributed by atoms with van der Waals surface area (Å²) in [5, 5.41) is 16.9. The molecule has 0 unspecified atom stereocenters. The van der Waals surface area contributed by atoms with Crippen LogP contribution in [0, 0.1) is 0 Å². The van der Waals surface area contributed by atoms with Crippen LogP contribution >= 0.6 is 27.7 Å². The third kappa shape index (κ3) is 5.52. The molecule has 0 amide bonds. The lowest BCUT2D eigenvalue weighted by atomic mass is 10.2. The van der Waals surface area contributed by atoms with Crippen molar-refractivity contribution in [3.8, 4) is 22.9 Å². The van der Waals surface area contributed by atoms with E-state index in [1.807, 2.05) is 4.90 Å². The SMILES string of the molecule is COc1cc(OC)cc(-c2nc(S/C(=C\c3cc(Br)c(N4CCOCC4)o3)C(=O)O)n[nH]2)c1. The van der Waals surface area contributed by atoms with Crippen LogP contribution in [-0.4, -0.2) is 66.8 Å². The molecule has 12 heteroatoms. The Labute approximate surface area is 202 Å². The van der Waals surface area contributed by atoms with Crippen molar-refractivity contribution in [1.29, 1.82) is 0 Å². The number of nitrogens with zero attached hydrogens (tertiary/aromatic N) is 3. The minimum absolute atomic E-state index is 0.0125. The highest BCUT2D eigenvalue weighted by Crippen LogP contribution is 2.34. The molecule has 10 nitrogen and oxygen atoms in total. The lowest BCUT2D eigenvalue weighted by Crippen LogP contribution is -2.36. The summed E-state index contributed by atoms with van der Waals surface area (Å²) in [7, 11) is 3.11. The lowest BCUT2D eigenvalue weighted by Gasteiger charge is -2.26. The Morgan fingerprint density at radius 3 is 2.55 bits per heavy atom. The molecule has 1 fully saturated rings. The number of rotatable bonds is 8. The van der Waals surface area contributed by atoms with E-state index in [1.54, 1.807) is 38.5 Å². The number of aromatic amines is 1. The number of aromatic nitrogens is 3. The van der Waals surface area contributed by atoms with Crippen molar-refractivity contribution in [2.45, 2.75) is 5.16 Å². The van der Waals surface area contributed by atoms with E-state index in [1.165, 1.54) is 6.08 Å². The van der Waals surface area contributed by atoms with E-state index in [0.29, 0.717) is 60.8 Å². The summed E-state index contributed by atoms with van der Waals surface area (Å²) in [5.74, 6) is 1.58. The molecule has 0 radical (unpaired) electrons. The van der Waals surface area contributed by atoms with Crippen LogP contribution in [0.5, 0.6) is 11.5 Å². The Bertz CT molecular complexity index is 1150. The van der Waals surface area contributed by atoms with Gasteiger partial charge in [-0.15, -0.1) is 5.10 Å². The van der Waals surface area contributed by atoms with Crippen molar-refractivity contribution < 1.29 is 28.5 Å². The van der Waals surface area contributed by atoms with E-state index in [-0.39, 0.29) is 10.1 Å². The van der Waals surface area contributed by atoms with Crippen molar-refractivity contribution >= 4 is 45.6 Å². The summed E-state index contributed by atoms with van der Waals surface area (Å²) in [6, 6.07) is 7.03. The Kier molecular flexibility index (Phi) is 7.26. The summed E-state index contributed by atoms with van der Waals surface area (Å²) < 4.78 is 22.6. The molecule has 0 bridgehead atoms. The van der Waals surface area contributed by atoms with Crippen LogP contribution in [0.15, 0.2) is 43.2 Å². The molecule has 0 spiro atoms. The van der Waals surface area contributed by atoms with E-state index in [0.717, 1.165) is 16.2 Å². The predicted octanol–water partition coefficient (Wildman–Crippen LogP) is 3.90. The van der Waals surface area contributed by atoms with Crippen LogP contribution in [0.25, 0.3) is 17.5 Å². The largest absolute Gasteiger partial charge is 0.497 e. The minimum Gasteiger partial charge on any atom is -0.497 e. The number of methoxy groups -OCH3 is 2. The fourth-order valence-corrected chi connectivity index (χ4v) is 4.40. The van der Waals surface area contributed by atoms with Crippen LogP contribution in [0.3, 0.4) is 0 Å². The molecule has 2 aromatic heterocycles. The lowest BCUT2D eigenvalue weighted by molar-refractivity contribution is -0.131. The molecule has 3 aromatic rings. The maximum atomic E-state index is 11.9. The number of hydrogen-bond donors (Lipinski definition) is 2. The number of benzene rings is 1. The first kappa shape index (κ1) is 23.2. The second-order valence-corrected chi connectivity index (χ2v) is 8.75. The quantitative estimate of drug-likeness (QED) is 0.323. The number of furan rings is 1. The first-order chi connectivity index (χ1) is 16.0. The average Bonchev–Trinajstić information content (AvgIpc) is 3.45. The van der Waals surface area contributed by atoms with Crippen LogP contribution in [0.4, 0.5) is 5.88 Å². The van der Waals surface area contributed by atoms with Crippen LogP contribution in [-0.2, 0) is 9.53 Å². The van der Waals surface area contributed by atoms with E-state index >= 15 is 0 Å². The summed E-state index contributed by atoms with van der Waals surface area (Å²) in [6.07, 6.45) is 1.45. The van der Waals surface area contributed by atoms with E-state index < -0.39 is 5.97 Å². The molecule has 0 aliphatic carbocycles. The molecule has 1 saturated heterocycles. The third-order valence-electron chi connectivity index (χ3n) is 4.76. The van der Waals surface area contributed by atoms with Crippen LogP contribution < -0.4 is 14.4 Å². The first-order valence-corrected chi connectivity index (χ1v) is 11.5. The molecule has 0 saturated carbocycles. The highest BCUT2D eigenvalue weighted by Gasteiger charge is 2.20. The third-order valence-corrected chi connectivity index (χ3v) is 6.21. The van der Waals surface area contributed by atoms with E-state index in [2.05, 4.69) is 31.1 Å². The molecular weight excluding hydrogens is 516 g/mol. The highest BCUT2D eigenvalue weighted by atomic mass is 79.9. The molecule has 1 aliphatic heterocycles. The number of halogens is 1. The summed E-state index contributed by atoms with van der Waals surface area (Å²) in [5.41, 5.74) is 0.691.